The van der Waals surface area contributed by atoms with E-state index in [9.17, 15) is 9.90 Å². The molecule has 1 aromatic heterocycles. The van der Waals surface area contributed by atoms with Crippen LogP contribution in [0.5, 0.6) is 5.75 Å². The van der Waals surface area contributed by atoms with Gasteiger partial charge in [0.1, 0.15) is 11.6 Å². The fourth-order valence-electron chi connectivity index (χ4n) is 2.61. The van der Waals surface area contributed by atoms with Crippen molar-refractivity contribution in [3.8, 4) is 5.75 Å². The average Bonchev–Trinajstić information content (AvgIpc) is 2.67. The maximum absolute atomic E-state index is 13.1. The molecule has 0 saturated carbocycles. The van der Waals surface area contributed by atoms with Crippen LogP contribution >= 0.6 is 63.7 Å². The molecule has 1 heterocycles. The van der Waals surface area contributed by atoms with Gasteiger partial charge in [-0.25, -0.2) is 4.98 Å². The number of hydrogen-bond donors (Lipinski definition) is 1. The van der Waals surface area contributed by atoms with Crippen molar-refractivity contribution in [2.24, 2.45) is 5.10 Å². The molecule has 28 heavy (non-hydrogen) atoms. The standard InChI is InChI=1S/C19H15Br4N3O2/c1-3-9(2)18-25-15-5-4-10(20)6-11(15)19(28)26(18)24-8-12-13(21)7-14(22)17(27)16(12)23/h4-9,27H,3H2,1-2H3/t9-/m1/s1. The summed E-state index contributed by atoms with van der Waals surface area (Å²) >= 11 is 13.5. The smallest absolute Gasteiger partial charge is 0.282 e. The van der Waals surface area contributed by atoms with Gasteiger partial charge >= 0.3 is 0 Å². The number of nitrogens with zero attached hydrogens (tertiary/aromatic N) is 3. The first kappa shape index (κ1) is 21.7. The zero-order valence-electron chi connectivity index (χ0n) is 14.9. The molecule has 0 aliphatic carbocycles. The number of benzene rings is 2. The van der Waals surface area contributed by atoms with E-state index in [0.717, 1.165) is 10.9 Å². The first-order valence-electron chi connectivity index (χ1n) is 8.37. The van der Waals surface area contributed by atoms with Crippen LogP contribution in [-0.4, -0.2) is 21.0 Å². The Morgan fingerprint density at radius 2 is 1.93 bits per heavy atom. The minimum atomic E-state index is -0.244. The highest BCUT2D eigenvalue weighted by Crippen LogP contribution is 2.38. The molecule has 1 N–H and O–H groups in total. The van der Waals surface area contributed by atoms with Gasteiger partial charge in [0.2, 0.25) is 0 Å². The normalized spacial score (nSPS) is 12.8. The molecular weight excluding hydrogens is 622 g/mol. The molecular formula is C19H15Br4N3O2. The predicted octanol–water partition coefficient (Wildman–Crippen LogP) is 6.55. The van der Waals surface area contributed by atoms with Gasteiger partial charge in [0.15, 0.2) is 0 Å². The highest BCUT2D eigenvalue weighted by Gasteiger charge is 2.17. The highest BCUT2D eigenvalue weighted by atomic mass is 79.9. The molecule has 1 atom stereocenters. The summed E-state index contributed by atoms with van der Waals surface area (Å²) < 4.78 is 3.85. The number of phenolic OH excluding ortho intramolecular Hbond substituents is 1. The molecule has 0 amide bonds. The minimum Gasteiger partial charge on any atom is -0.506 e. The van der Waals surface area contributed by atoms with Crippen molar-refractivity contribution < 1.29 is 5.11 Å². The van der Waals surface area contributed by atoms with Gasteiger partial charge in [-0.3, -0.25) is 4.79 Å². The lowest BCUT2D eigenvalue weighted by atomic mass is 10.1. The lowest BCUT2D eigenvalue weighted by Gasteiger charge is -2.14. The number of aromatic hydroxyl groups is 1. The third-order valence-electron chi connectivity index (χ3n) is 4.37. The van der Waals surface area contributed by atoms with Crippen LogP contribution in [0, 0.1) is 0 Å². The van der Waals surface area contributed by atoms with Crippen molar-refractivity contribution in [3.63, 3.8) is 0 Å². The summed E-state index contributed by atoms with van der Waals surface area (Å²) in [6.07, 6.45) is 2.34. The van der Waals surface area contributed by atoms with E-state index >= 15 is 0 Å². The van der Waals surface area contributed by atoms with E-state index in [2.05, 4.69) is 73.8 Å². The number of aromatic nitrogens is 2. The summed E-state index contributed by atoms with van der Waals surface area (Å²) in [5.41, 5.74) is 1.00. The second kappa shape index (κ2) is 8.77. The van der Waals surface area contributed by atoms with Crippen LogP contribution in [0.1, 0.15) is 37.6 Å². The third kappa shape index (κ3) is 4.13. The van der Waals surface area contributed by atoms with Crippen molar-refractivity contribution in [3.05, 3.63) is 63.9 Å². The van der Waals surface area contributed by atoms with E-state index in [1.807, 2.05) is 26.0 Å². The van der Waals surface area contributed by atoms with Crippen molar-refractivity contribution in [2.45, 2.75) is 26.2 Å². The van der Waals surface area contributed by atoms with Crippen LogP contribution < -0.4 is 5.56 Å². The molecule has 0 unspecified atom stereocenters. The molecule has 0 aliphatic rings. The third-order valence-corrected chi connectivity index (χ3v) is 6.93. The Kier molecular flexibility index (Phi) is 6.79. The zero-order chi connectivity index (χ0) is 20.6. The van der Waals surface area contributed by atoms with Gasteiger partial charge in [0.05, 0.1) is 26.1 Å². The summed E-state index contributed by atoms with van der Waals surface area (Å²) in [5.74, 6) is 0.690. The summed E-state index contributed by atoms with van der Waals surface area (Å²) in [6, 6.07) is 7.15. The van der Waals surface area contributed by atoms with E-state index in [-0.39, 0.29) is 17.2 Å². The van der Waals surface area contributed by atoms with Crippen LogP contribution in [0.25, 0.3) is 10.9 Å². The molecule has 3 aromatic rings. The van der Waals surface area contributed by atoms with E-state index in [1.165, 1.54) is 10.9 Å². The van der Waals surface area contributed by atoms with Crippen LogP contribution in [0.4, 0.5) is 0 Å². The average molecular weight is 637 g/mol. The number of fused-ring (bicyclic) bond motifs is 1. The Bertz CT molecular complexity index is 1160. The molecule has 146 valence electrons. The Balaban J connectivity index is 2.25. The van der Waals surface area contributed by atoms with Crippen LogP contribution in [0.3, 0.4) is 0 Å². The van der Waals surface area contributed by atoms with Gasteiger partial charge in [-0.1, -0.05) is 45.7 Å². The number of halogens is 4. The fraction of sp³-hybridized carbons (Fsp3) is 0.211. The van der Waals surface area contributed by atoms with E-state index in [1.54, 1.807) is 12.1 Å². The van der Waals surface area contributed by atoms with Gasteiger partial charge in [-0.05, 0) is 62.5 Å². The Morgan fingerprint density at radius 1 is 1.21 bits per heavy atom. The van der Waals surface area contributed by atoms with Gasteiger partial charge in [0.25, 0.3) is 5.56 Å². The van der Waals surface area contributed by atoms with Crippen LogP contribution in [-0.2, 0) is 0 Å². The monoisotopic (exact) mass is 633 g/mol. The lowest BCUT2D eigenvalue weighted by Crippen LogP contribution is -2.23. The topological polar surface area (TPSA) is 67.5 Å². The molecule has 0 fully saturated rings. The van der Waals surface area contributed by atoms with E-state index < -0.39 is 0 Å². The molecule has 0 radical (unpaired) electrons. The van der Waals surface area contributed by atoms with Gasteiger partial charge in [0, 0.05) is 20.4 Å². The Hall–Kier alpha value is -1.03. The second-order valence-corrected chi connectivity index (χ2v) is 9.64. The molecule has 0 aliphatic heterocycles. The largest absolute Gasteiger partial charge is 0.506 e. The summed E-state index contributed by atoms with van der Waals surface area (Å²) in [6.45, 7) is 4.05. The zero-order valence-corrected chi connectivity index (χ0v) is 21.2. The van der Waals surface area contributed by atoms with Gasteiger partial charge in [-0.2, -0.15) is 9.78 Å². The second-order valence-electron chi connectivity index (χ2n) is 6.22. The molecule has 9 heteroatoms. The molecule has 2 aromatic carbocycles. The van der Waals surface area contributed by atoms with E-state index in [4.69, 9.17) is 0 Å². The summed E-state index contributed by atoms with van der Waals surface area (Å²) in [4.78, 5) is 17.8. The molecule has 3 rings (SSSR count). The molecule has 0 saturated heterocycles. The van der Waals surface area contributed by atoms with Gasteiger partial charge in [-0.15, -0.1) is 0 Å². The Labute approximate surface area is 195 Å². The van der Waals surface area contributed by atoms with Crippen molar-refractivity contribution in [2.75, 3.05) is 0 Å². The van der Waals surface area contributed by atoms with Crippen molar-refractivity contribution in [1.82, 2.24) is 9.66 Å². The highest BCUT2D eigenvalue weighted by molar-refractivity contribution is 9.11. The summed E-state index contributed by atoms with van der Waals surface area (Å²) in [5, 5.41) is 15.1. The van der Waals surface area contributed by atoms with Crippen LogP contribution in [0.15, 0.2) is 52.1 Å². The Morgan fingerprint density at radius 3 is 2.61 bits per heavy atom. The van der Waals surface area contributed by atoms with Crippen LogP contribution in [0.2, 0.25) is 0 Å². The first-order valence-corrected chi connectivity index (χ1v) is 11.5. The predicted molar refractivity (Wildman–Crippen MR) is 127 cm³/mol. The number of rotatable bonds is 4. The molecule has 0 spiro atoms. The van der Waals surface area contributed by atoms with Crippen molar-refractivity contribution >= 4 is 80.8 Å². The lowest BCUT2D eigenvalue weighted by molar-refractivity contribution is 0.468. The molecule has 5 nitrogen and oxygen atoms in total. The fourth-order valence-corrected chi connectivity index (χ4v) is 5.29. The maximum atomic E-state index is 13.1. The first-order chi connectivity index (χ1) is 13.2. The number of phenols is 1. The minimum absolute atomic E-state index is 0.0445. The van der Waals surface area contributed by atoms with E-state index in [0.29, 0.717) is 35.7 Å². The number of hydrogen-bond acceptors (Lipinski definition) is 4. The van der Waals surface area contributed by atoms with Gasteiger partial charge < -0.3 is 5.11 Å². The SMILES string of the molecule is CC[C@@H](C)c1nc2ccc(Br)cc2c(=O)n1N=Cc1c(Br)cc(Br)c(O)c1Br. The molecule has 0 bridgehead atoms. The quantitative estimate of drug-likeness (QED) is 0.331. The summed E-state index contributed by atoms with van der Waals surface area (Å²) in [7, 11) is 0. The van der Waals surface area contributed by atoms with Crippen molar-refractivity contribution in [1.29, 1.82) is 0 Å². The maximum Gasteiger partial charge on any atom is 0.282 e.